The standard InChI is InChI=1S/C11H21NO2S/c1-3-12(6-9(2)11(13)14)7-10-4-5-15-8-10/h9-10H,3-8H2,1-2H3,(H,13,14). The van der Waals surface area contributed by atoms with Crippen LogP contribution in [0.15, 0.2) is 0 Å². The lowest BCUT2D eigenvalue weighted by atomic mass is 10.1. The number of rotatable bonds is 6. The molecule has 1 aliphatic rings. The average Bonchev–Trinajstić information content (AvgIpc) is 2.69. The van der Waals surface area contributed by atoms with Crippen LogP contribution in [0.2, 0.25) is 0 Å². The molecule has 15 heavy (non-hydrogen) atoms. The lowest BCUT2D eigenvalue weighted by molar-refractivity contribution is -0.141. The number of hydrogen-bond acceptors (Lipinski definition) is 3. The van der Waals surface area contributed by atoms with E-state index in [1.165, 1.54) is 17.9 Å². The molecule has 1 fully saturated rings. The van der Waals surface area contributed by atoms with E-state index in [1.54, 1.807) is 6.92 Å². The Hall–Kier alpha value is -0.220. The van der Waals surface area contributed by atoms with E-state index in [1.807, 2.05) is 11.8 Å². The molecule has 0 aromatic heterocycles. The Balaban J connectivity index is 2.31. The summed E-state index contributed by atoms with van der Waals surface area (Å²) in [6.45, 7) is 6.61. The first-order valence-electron chi connectivity index (χ1n) is 5.66. The maximum Gasteiger partial charge on any atom is 0.307 e. The average molecular weight is 231 g/mol. The molecule has 2 unspecified atom stereocenters. The molecular weight excluding hydrogens is 210 g/mol. The van der Waals surface area contributed by atoms with Gasteiger partial charge in [-0.1, -0.05) is 13.8 Å². The SMILES string of the molecule is CCN(CC1CCSC1)CC(C)C(=O)O. The third kappa shape index (κ3) is 4.43. The summed E-state index contributed by atoms with van der Waals surface area (Å²) >= 11 is 2.02. The van der Waals surface area contributed by atoms with Crippen LogP contribution in [0, 0.1) is 11.8 Å². The van der Waals surface area contributed by atoms with Gasteiger partial charge in [0.2, 0.25) is 0 Å². The van der Waals surface area contributed by atoms with Crippen molar-refractivity contribution in [3.8, 4) is 0 Å². The van der Waals surface area contributed by atoms with Gasteiger partial charge in [0.15, 0.2) is 0 Å². The third-order valence-corrected chi connectivity index (χ3v) is 4.17. The number of hydrogen-bond donors (Lipinski definition) is 1. The third-order valence-electron chi connectivity index (χ3n) is 2.94. The van der Waals surface area contributed by atoms with Crippen LogP contribution in [0.25, 0.3) is 0 Å². The molecule has 1 aliphatic heterocycles. The molecule has 0 aliphatic carbocycles. The minimum absolute atomic E-state index is 0.251. The van der Waals surface area contributed by atoms with Crippen LogP contribution in [0.3, 0.4) is 0 Å². The fourth-order valence-electron chi connectivity index (χ4n) is 1.89. The van der Waals surface area contributed by atoms with Crippen LogP contribution < -0.4 is 0 Å². The molecule has 0 aromatic rings. The molecule has 1 heterocycles. The van der Waals surface area contributed by atoms with E-state index < -0.39 is 5.97 Å². The second kappa shape index (κ2) is 6.38. The summed E-state index contributed by atoms with van der Waals surface area (Å²) in [6, 6.07) is 0. The smallest absolute Gasteiger partial charge is 0.307 e. The van der Waals surface area contributed by atoms with Gasteiger partial charge < -0.3 is 10.0 Å². The maximum atomic E-state index is 10.8. The van der Waals surface area contributed by atoms with Crippen molar-refractivity contribution < 1.29 is 9.90 Å². The van der Waals surface area contributed by atoms with Crippen LogP contribution in [0.4, 0.5) is 0 Å². The normalized spacial score (nSPS) is 23.3. The first-order valence-corrected chi connectivity index (χ1v) is 6.81. The van der Waals surface area contributed by atoms with Gasteiger partial charge in [0.25, 0.3) is 0 Å². The summed E-state index contributed by atoms with van der Waals surface area (Å²) in [4.78, 5) is 13.0. The summed E-state index contributed by atoms with van der Waals surface area (Å²) in [6.07, 6.45) is 1.29. The van der Waals surface area contributed by atoms with Gasteiger partial charge in [0.1, 0.15) is 0 Å². The minimum Gasteiger partial charge on any atom is -0.481 e. The monoisotopic (exact) mass is 231 g/mol. The van der Waals surface area contributed by atoms with Gasteiger partial charge >= 0.3 is 5.97 Å². The van der Waals surface area contributed by atoms with E-state index >= 15 is 0 Å². The Morgan fingerprint density at radius 3 is 2.87 bits per heavy atom. The Labute approximate surface area is 96.2 Å². The van der Waals surface area contributed by atoms with E-state index in [0.717, 1.165) is 19.0 Å². The Morgan fingerprint density at radius 2 is 2.40 bits per heavy atom. The molecule has 0 spiro atoms. The molecule has 2 atom stereocenters. The summed E-state index contributed by atoms with van der Waals surface area (Å²) in [5.74, 6) is 2.36. The Morgan fingerprint density at radius 1 is 1.67 bits per heavy atom. The largest absolute Gasteiger partial charge is 0.481 e. The molecule has 1 N–H and O–H groups in total. The van der Waals surface area contributed by atoms with Crippen molar-refractivity contribution in [2.75, 3.05) is 31.1 Å². The van der Waals surface area contributed by atoms with Gasteiger partial charge in [-0.3, -0.25) is 4.79 Å². The molecule has 3 nitrogen and oxygen atoms in total. The zero-order valence-corrected chi connectivity index (χ0v) is 10.4. The molecule has 0 aromatic carbocycles. The van der Waals surface area contributed by atoms with Crippen LogP contribution >= 0.6 is 11.8 Å². The van der Waals surface area contributed by atoms with Crippen LogP contribution in [0.1, 0.15) is 20.3 Å². The molecule has 1 saturated heterocycles. The number of nitrogens with zero attached hydrogens (tertiary/aromatic N) is 1. The van der Waals surface area contributed by atoms with E-state index in [4.69, 9.17) is 5.11 Å². The molecular formula is C11H21NO2S. The molecule has 4 heteroatoms. The van der Waals surface area contributed by atoms with Crippen LogP contribution in [0.5, 0.6) is 0 Å². The van der Waals surface area contributed by atoms with Crippen molar-refractivity contribution in [3.63, 3.8) is 0 Å². The van der Waals surface area contributed by atoms with Crippen LogP contribution in [-0.4, -0.2) is 47.1 Å². The van der Waals surface area contributed by atoms with Crippen molar-refractivity contribution in [3.05, 3.63) is 0 Å². The van der Waals surface area contributed by atoms with Gasteiger partial charge in [0, 0.05) is 13.1 Å². The van der Waals surface area contributed by atoms with E-state index in [9.17, 15) is 4.79 Å². The number of carboxylic acid groups (broad SMARTS) is 1. The molecule has 0 amide bonds. The first-order chi connectivity index (χ1) is 7.13. The predicted molar refractivity (Wildman–Crippen MR) is 64.3 cm³/mol. The van der Waals surface area contributed by atoms with Crippen molar-refractivity contribution in [1.82, 2.24) is 4.90 Å². The van der Waals surface area contributed by atoms with E-state index in [0.29, 0.717) is 6.54 Å². The quantitative estimate of drug-likeness (QED) is 0.756. The van der Waals surface area contributed by atoms with Crippen molar-refractivity contribution in [1.29, 1.82) is 0 Å². The van der Waals surface area contributed by atoms with Gasteiger partial charge in [-0.2, -0.15) is 11.8 Å². The van der Waals surface area contributed by atoms with Crippen molar-refractivity contribution in [2.24, 2.45) is 11.8 Å². The second-order valence-electron chi connectivity index (χ2n) is 4.32. The van der Waals surface area contributed by atoms with E-state index in [-0.39, 0.29) is 5.92 Å². The summed E-state index contributed by atoms with van der Waals surface area (Å²) in [7, 11) is 0. The molecule has 0 saturated carbocycles. The van der Waals surface area contributed by atoms with Crippen LogP contribution in [-0.2, 0) is 4.79 Å². The zero-order valence-electron chi connectivity index (χ0n) is 9.61. The predicted octanol–water partition coefficient (Wildman–Crippen LogP) is 1.78. The highest BCUT2D eigenvalue weighted by atomic mass is 32.2. The van der Waals surface area contributed by atoms with Gasteiger partial charge in [-0.05, 0) is 30.4 Å². The van der Waals surface area contributed by atoms with Crippen molar-refractivity contribution >= 4 is 17.7 Å². The highest BCUT2D eigenvalue weighted by Gasteiger charge is 2.21. The van der Waals surface area contributed by atoms with Gasteiger partial charge in [0.05, 0.1) is 5.92 Å². The summed E-state index contributed by atoms with van der Waals surface area (Å²) < 4.78 is 0. The van der Waals surface area contributed by atoms with E-state index in [2.05, 4.69) is 11.8 Å². The van der Waals surface area contributed by atoms with Crippen molar-refractivity contribution in [2.45, 2.75) is 20.3 Å². The first kappa shape index (κ1) is 12.8. The van der Waals surface area contributed by atoms with Gasteiger partial charge in [-0.15, -0.1) is 0 Å². The zero-order chi connectivity index (χ0) is 11.3. The lowest BCUT2D eigenvalue weighted by Crippen LogP contribution is -2.35. The highest BCUT2D eigenvalue weighted by molar-refractivity contribution is 7.99. The fourth-order valence-corrected chi connectivity index (χ4v) is 3.16. The highest BCUT2D eigenvalue weighted by Crippen LogP contribution is 2.24. The summed E-state index contributed by atoms with van der Waals surface area (Å²) in [5.41, 5.74) is 0. The molecule has 1 rings (SSSR count). The lowest BCUT2D eigenvalue weighted by Gasteiger charge is -2.25. The van der Waals surface area contributed by atoms with Gasteiger partial charge in [-0.25, -0.2) is 0 Å². The molecule has 88 valence electrons. The summed E-state index contributed by atoms with van der Waals surface area (Å²) in [5, 5.41) is 8.86. The number of aliphatic carboxylic acids is 1. The maximum absolute atomic E-state index is 10.8. The minimum atomic E-state index is -0.686. The number of carbonyl (C=O) groups is 1. The second-order valence-corrected chi connectivity index (χ2v) is 5.47. The number of carboxylic acids is 1. The number of thioether (sulfide) groups is 1. The Kier molecular flexibility index (Phi) is 5.47. The topological polar surface area (TPSA) is 40.5 Å². The fraction of sp³-hybridized carbons (Fsp3) is 0.909. The molecule has 0 radical (unpaired) electrons. The Bertz CT molecular complexity index is 205. The molecule has 0 bridgehead atoms.